The number of anilines is 2. The second-order valence-corrected chi connectivity index (χ2v) is 7.54. The molecule has 3 heterocycles. The number of carbonyl (C=O) groups excluding carboxylic acids is 1. The van der Waals surface area contributed by atoms with Crippen LogP contribution >= 0.6 is 0 Å². The van der Waals surface area contributed by atoms with Crippen LogP contribution in [0.4, 0.5) is 11.8 Å². The molecule has 1 aromatic heterocycles. The highest BCUT2D eigenvalue weighted by molar-refractivity contribution is 6.03. The number of rotatable bonds is 3. The minimum atomic E-state index is -0.829. The topological polar surface area (TPSA) is 181 Å². The van der Waals surface area contributed by atoms with Gasteiger partial charge in [0.05, 0.1) is 18.2 Å². The Bertz CT molecular complexity index is 1270. The number of hydrogen-bond acceptors (Lipinski definition) is 10. The number of nitrogens with zero attached hydrogens (tertiary/aromatic N) is 6. The van der Waals surface area contributed by atoms with Gasteiger partial charge in [0.25, 0.3) is 5.91 Å². The Hall–Kier alpha value is -4.32. The largest absolute Gasteiger partial charge is 0.496 e. The lowest BCUT2D eigenvalue weighted by atomic mass is 10.1. The third kappa shape index (κ3) is 5.44. The standard InChI is InChI=1S/C14H16N8O2.C8H8O3/c1-24-11-7-8-10(6-9(11)13(23)20-21-16)18-14(19-12(8)15)22-4-2-17-3-5-22;9-8-5-10-6-3-1-2-4-7(6)11-8/h6-7,17H,2-5H2,1H3,(H2,15,18,19);1-4,8-9H,5H2. The smallest absolute Gasteiger partial charge is 0.252 e. The van der Waals surface area contributed by atoms with Crippen molar-refractivity contribution in [3.63, 3.8) is 0 Å². The number of benzene rings is 2. The van der Waals surface area contributed by atoms with Gasteiger partial charge >= 0.3 is 0 Å². The van der Waals surface area contributed by atoms with Crippen LogP contribution in [0.5, 0.6) is 17.2 Å². The molecule has 3 aromatic rings. The van der Waals surface area contributed by atoms with E-state index in [0.717, 1.165) is 26.2 Å². The summed E-state index contributed by atoms with van der Waals surface area (Å²) in [5.74, 6) is 1.62. The average molecular weight is 480 g/mol. The van der Waals surface area contributed by atoms with Crippen molar-refractivity contribution < 1.29 is 24.1 Å². The maximum absolute atomic E-state index is 11.9. The summed E-state index contributed by atoms with van der Waals surface area (Å²) in [6.45, 7) is 3.42. The molecule has 0 aliphatic carbocycles. The van der Waals surface area contributed by atoms with E-state index in [4.69, 9.17) is 30.6 Å². The van der Waals surface area contributed by atoms with Gasteiger partial charge in [-0.3, -0.25) is 4.79 Å². The molecule has 1 saturated heterocycles. The molecule has 35 heavy (non-hydrogen) atoms. The first-order valence-electron chi connectivity index (χ1n) is 10.8. The van der Waals surface area contributed by atoms with Gasteiger partial charge < -0.3 is 35.3 Å². The average Bonchev–Trinajstić information content (AvgIpc) is 2.89. The quantitative estimate of drug-likeness (QED) is 0.284. The predicted molar refractivity (Wildman–Crippen MR) is 128 cm³/mol. The third-order valence-corrected chi connectivity index (χ3v) is 5.29. The first kappa shape index (κ1) is 23.8. The molecule has 1 fully saturated rings. The lowest BCUT2D eigenvalue weighted by Crippen LogP contribution is -2.44. The Morgan fingerprint density at radius 1 is 1.29 bits per heavy atom. The predicted octanol–water partition coefficient (Wildman–Crippen LogP) is 1.86. The van der Waals surface area contributed by atoms with Crippen LogP contribution in [0.3, 0.4) is 0 Å². The summed E-state index contributed by atoms with van der Waals surface area (Å²) in [6, 6.07) is 10.3. The van der Waals surface area contributed by atoms with Gasteiger partial charge in [0.1, 0.15) is 11.6 Å². The van der Waals surface area contributed by atoms with Crippen molar-refractivity contribution >= 4 is 28.6 Å². The number of nitrogen functional groups attached to an aromatic ring is 1. The lowest BCUT2D eigenvalue weighted by molar-refractivity contribution is -0.0670. The van der Waals surface area contributed by atoms with Crippen LogP contribution in [0.2, 0.25) is 0 Å². The highest BCUT2D eigenvalue weighted by Crippen LogP contribution is 2.31. The second-order valence-electron chi connectivity index (χ2n) is 7.54. The SMILES string of the molecule is COc1cc2c(N)nc(N3CCNCC3)nc2cc1C(=O)N=[N+]=[N-].OC1COc2ccccc2O1. The number of carbonyl (C=O) groups is 1. The molecule has 5 rings (SSSR count). The van der Waals surface area contributed by atoms with E-state index in [9.17, 15) is 4.79 Å². The van der Waals surface area contributed by atoms with Crippen LogP contribution in [0.1, 0.15) is 10.4 Å². The summed E-state index contributed by atoms with van der Waals surface area (Å²) in [5, 5.41) is 15.9. The minimum Gasteiger partial charge on any atom is -0.496 e. The summed E-state index contributed by atoms with van der Waals surface area (Å²) in [4.78, 5) is 25.3. The zero-order chi connectivity index (χ0) is 24.8. The van der Waals surface area contributed by atoms with Crippen molar-refractivity contribution in [1.82, 2.24) is 15.3 Å². The Balaban J connectivity index is 0.000000218. The van der Waals surface area contributed by atoms with Crippen molar-refractivity contribution in [2.75, 3.05) is 50.5 Å². The molecule has 13 nitrogen and oxygen atoms in total. The summed E-state index contributed by atoms with van der Waals surface area (Å²) in [7, 11) is 1.42. The van der Waals surface area contributed by atoms with E-state index in [1.807, 2.05) is 17.0 Å². The molecule has 0 radical (unpaired) electrons. The zero-order valence-electron chi connectivity index (χ0n) is 18.9. The monoisotopic (exact) mass is 480 g/mol. The molecule has 1 atom stereocenters. The number of ether oxygens (including phenoxy) is 3. The Morgan fingerprint density at radius 3 is 2.74 bits per heavy atom. The van der Waals surface area contributed by atoms with E-state index < -0.39 is 12.2 Å². The number of aliphatic hydroxyl groups is 1. The minimum absolute atomic E-state index is 0.132. The maximum Gasteiger partial charge on any atom is 0.252 e. The van der Waals surface area contributed by atoms with E-state index in [2.05, 4.69) is 25.3 Å². The molecule has 13 heteroatoms. The Kier molecular flexibility index (Phi) is 7.31. The van der Waals surface area contributed by atoms with Crippen molar-refractivity contribution in [1.29, 1.82) is 0 Å². The van der Waals surface area contributed by atoms with Gasteiger partial charge in [-0.1, -0.05) is 12.1 Å². The molecule has 4 N–H and O–H groups in total. The van der Waals surface area contributed by atoms with E-state index in [1.165, 1.54) is 13.2 Å². The molecule has 1 amide bonds. The first-order valence-corrected chi connectivity index (χ1v) is 10.8. The number of methoxy groups -OCH3 is 1. The number of amides is 1. The number of piperazine rings is 1. The molecule has 1 unspecified atom stereocenters. The van der Waals surface area contributed by atoms with Gasteiger partial charge in [0.2, 0.25) is 12.2 Å². The molecular formula is C22H24N8O5. The number of para-hydroxylation sites is 2. The summed E-state index contributed by atoms with van der Waals surface area (Å²) < 4.78 is 15.4. The van der Waals surface area contributed by atoms with Crippen LogP contribution in [-0.4, -0.2) is 67.2 Å². The van der Waals surface area contributed by atoms with E-state index in [1.54, 1.807) is 18.2 Å². The number of nitrogens with one attached hydrogen (secondary N) is 1. The molecule has 0 spiro atoms. The number of fused-ring (bicyclic) bond motifs is 2. The number of azide groups is 1. The molecule has 0 bridgehead atoms. The fraction of sp³-hybridized carbons (Fsp3) is 0.318. The number of hydrogen-bond donors (Lipinski definition) is 3. The van der Waals surface area contributed by atoms with Gasteiger partial charge in [-0.15, -0.1) is 0 Å². The molecule has 0 saturated carbocycles. The lowest BCUT2D eigenvalue weighted by Gasteiger charge is -2.27. The van der Waals surface area contributed by atoms with E-state index in [0.29, 0.717) is 34.2 Å². The van der Waals surface area contributed by atoms with Crippen molar-refractivity contribution in [2.24, 2.45) is 5.11 Å². The number of aliphatic hydroxyl groups excluding tert-OH is 1. The van der Waals surface area contributed by atoms with Crippen LogP contribution in [-0.2, 0) is 0 Å². The van der Waals surface area contributed by atoms with Crippen LogP contribution in [0.15, 0.2) is 41.5 Å². The van der Waals surface area contributed by atoms with E-state index in [-0.39, 0.29) is 17.9 Å². The normalized spacial score (nSPS) is 16.5. The van der Waals surface area contributed by atoms with Gasteiger partial charge in [-0.2, -0.15) is 4.98 Å². The summed E-state index contributed by atoms with van der Waals surface area (Å²) in [6.07, 6.45) is -0.829. The fourth-order valence-corrected chi connectivity index (χ4v) is 3.61. The van der Waals surface area contributed by atoms with Gasteiger partial charge in [0, 0.05) is 36.5 Å². The van der Waals surface area contributed by atoms with Crippen molar-refractivity contribution in [3.8, 4) is 17.2 Å². The Labute approximate surface area is 200 Å². The molecule has 2 aromatic carbocycles. The molecule has 182 valence electrons. The highest BCUT2D eigenvalue weighted by Gasteiger charge is 2.19. The van der Waals surface area contributed by atoms with Gasteiger partial charge in [0.15, 0.2) is 18.1 Å². The maximum atomic E-state index is 11.9. The molecule has 2 aliphatic rings. The highest BCUT2D eigenvalue weighted by atomic mass is 16.7. The number of nitrogens with two attached hydrogens (primary N) is 1. The summed E-state index contributed by atoms with van der Waals surface area (Å²) in [5.41, 5.74) is 15.2. The van der Waals surface area contributed by atoms with E-state index >= 15 is 0 Å². The first-order chi connectivity index (χ1) is 17.0. The zero-order valence-corrected chi connectivity index (χ0v) is 18.9. The van der Waals surface area contributed by atoms with Crippen LogP contribution < -0.4 is 30.2 Å². The summed E-state index contributed by atoms with van der Waals surface area (Å²) >= 11 is 0. The number of aromatic nitrogens is 2. The molecular weight excluding hydrogens is 456 g/mol. The fourth-order valence-electron chi connectivity index (χ4n) is 3.61. The van der Waals surface area contributed by atoms with Crippen molar-refractivity contribution in [2.45, 2.75) is 6.29 Å². The van der Waals surface area contributed by atoms with Crippen LogP contribution in [0.25, 0.3) is 21.3 Å². The van der Waals surface area contributed by atoms with Crippen molar-refractivity contribution in [3.05, 3.63) is 52.4 Å². The Morgan fingerprint density at radius 2 is 2.03 bits per heavy atom. The van der Waals surface area contributed by atoms with Gasteiger partial charge in [-0.05, 0) is 34.9 Å². The van der Waals surface area contributed by atoms with Gasteiger partial charge in [-0.25, -0.2) is 4.98 Å². The second kappa shape index (κ2) is 10.7. The third-order valence-electron chi connectivity index (χ3n) is 5.29. The molecule has 2 aliphatic heterocycles. The van der Waals surface area contributed by atoms with Crippen LogP contribution in [0, 0.1) is 0 Å².